The quantitative estimate of drug-likeness (QED) is 0.521. The van der Waals surface area contributed by atoms with Crippen molar-refractivity contribution in [3.63, 3.8) is 0 Å². The maximum absolute atomic E-state index is 6.27. The van der Waals surface area contributed by atoms with Crippen LogP contribution in [-0.2, 0) is 0 Å². The molecule has 0 fully saturated rings. The van der Waals surface area contributed by atoms with Gasteiger partial charge in [0, 0.05) is 5.39 Å². The number of aromatic nitrogens is 1. The van der Waals surface area contributed by atoms with Gasteiger partial charge in [-0.15, -0.1) is 0 Å². The van der Waals surface area contributed by atoms with Crippen LogP contribution in [-0.4, -0.2) is 4.98 Å². The third kappa shape index (κ3) is 1.57. The molecule has 0 aliphatic rings. The molecule has 3 aromatic carbocycles. The number of hydrogen-bond donors (Lipinski definition) is 1. The Morgan fingerprint density at radius 3 is 2.55 bits per heavy atom. The van der Waals surface area contributed by atoms with Crippen LogP contribution in [0.1, 0.15) is 0 Å². The van der Waals surface area contributed by atoms with Crippen LogP contribution in [0.4, 0.5) is 5.69 Å². The van der Waals surface area contributed by atoms with E-state index in [-0.39, 0.29) is 0 Å². The number of nitrogens with zero attached hydrogens (tertiary/aromatic N) is 1. The molecule has 4 aromatic rings. The second-order valence-electron chi connectivity index (χ2n) is 4.73. The average Bonchev–Trinajstić information content (AvgIpc) is 2.91. The van der Waals surface area contributed by atoms with E-state index in [0.29, 0.717) is 11.6 Å². The highest BCUT2D eigenvalue weighted by Crippen LogP contribution is 2.33. The molecule has 4 rings (SSSR count). The summed E-state index contributed by atoms with van der Waals surface area (Å²) in [5, 5.41) is 2.14. The lowest BCUT2D eigenvalue weighted by molar-refractivity contribution is 0.620. The lowest BCUT2D eigenvalue weighted by atomic mass is 10.0. The molecular weight excluding hydrogens is 248 g/mol. The first-order chi connectivity index (χ1) is 9.83. The van der Waals surface area contributed by atoms with Gasteiger partial charge in [0.25, 0.3) is 0 Å². The second kappa shape index (κ2) is 4.10. The van der Waals surface area contributed by atoms with E-state index in [2.05, 4.69) is 4.98 Å². The zero-order chi connectivity index (χ0) is 13.5. The first-order valence-electron chi connectivity index (χ1n) is 6.46. The van der Waals surface area contributed by atoms with E-state index in [1.807, 2.05) is 60.7 Å². The van der Waals surface area contributed by atoms with Crippen molar-refractivity contribution in [2.24, 2.45) is 0 Å². The maximum atomic E-state index is 6.27. The van der Waals surface area contributed by atoms with Gasteiger partial charge in [-0.3, -0.25) is 0 Å². The van der Waals surface area contributed by atoms with E-state index in [9.17, 15) is 0 Å². The van der Waals surface area contributed by atoms with Crippen molar-refractivity contribution in [1.82, 2.24) is 4.98 Å². The molecule has 0 spiro atoms. The molecule has 3 nitrogen and oxygen atoms in total. The molecule has 2 N–H and O–H groups in total. The Morgan fingerprint density at radius 2 is 1.65 bits per heavy atom. The normalized spacial score (nSPS) is 11.2. The number of nitrogen functional groups attached to an aromatic ring is 1. The Hall–Kier alpha value is -2.81. The van der Waals surface area contributed by atoms with E-state index >= 15 is 0 Å². The molecule has 0 amide bonds. The molecule has 1 heterocycles. The van der Waals surface area contributed by atoms with Crippen molar-refractivity contribution in [2.45, 2.75) is 0 Å². The number of para-hydroxylation sites is 2. The minimum absolute atomic E-state index is 0.564. The molecule has 3 heteroatoms. The van der Waals surface area contributed by atoms with Crippen LogP contribution < -0.4 is 5.73 Å². The van der Waals surface area contributed by atoms with Crippen LogP contribution in [0.25, 0.3) is 33.3 Å². The van der Waals surface area contributed by atoms with Gasteiger partial charge >= 0.3 is 0 Å². The van der Waals surface area contributed by atoms with E-state index in [0.717, 1.165) is 27.4 Å². The molecule has 0 bridgehead atoms. The Kier molecular flexibility index (Phi) is 2.27. The van der Waals surface area contributed by atoms with Crippen LogP contribution in [0, 0.1) is 0 Å². The van der Waals surface area contributed by atoms with E-state index in [1.165, 1.54) is 0 Å². The molecule has 0 unspecified atom stereocenters. The van der Waals surface area contributed by atoms with Crippen molar-refractivity contribution in [1.29, 1.82) is 0 Å². The van der Waals surface area contributed by atoms with E-state index in [1.54, 1.807) is 0 Å². The van der Waals surface area contributed by atoms with Gasteiger partial charge < -0.3 is 10.2 Å². The molecule has 0 saturated heterocycles. The summed E-state index contributed by atoms with van der Waals surface area (Å²) in [4.78, 5) is 4.50. The molecule has 96 valence electrons. The predicted molar refractivity (Wildman–Crippen MR) is 81.4 cm³/mol. The maximum Gasteiger partial charge on any atom is 0.229 e. The number of anilines is 1. The summed E-state index contributed by atoms with van der Waals surface area (Å²) in [7, 11) is 0. The highest BCUT2D eigenvalue weighted by atomic mass is 16.3. The Morgan fingerprint density at radius 1 is 0.850 bits per heavy atom. The summed E-state index contributed by atoms with van der Waals surface area (Å²) in [6, 6.07) is 19.7. The van der Waals surface area contributed by atoms with Gasteiger partial charge in [-0.1, -0.05) is 42.5 Å². The summed E-state index contributed by atoms with van der Waals surface area (Å²) in [6.07, 6.45) is 0. The Labute approximate surface area is 115 Å². The van der Waals surface area contributed by atoms with Gasteiger partial charge in [0.1, 0.15) is 5.52 Å². The first-order valence-corrected chi connectivity index (χ1v) is 6.46. The summed E-state index contributed by atoms with van der Waals surface area (Å²) in [5.41, 5.74) is 9.43. The smallest absolute Gasteiger partial charge is 0.229 e. The number of fused-ring (bicyclic) bond motifs is 2. The average molecular weight is 260 g/mol. The largest absolute Gasteiger partial charge is 0.436 e. The summed E-state index contributed by atoms with van der Waals surface area (Å²) in [6.45, 7) is 0. The fourth-order valence-corrected chi connectivity index (χ4v) is 2.47. The lowest BCUT2D eigenvalue weighted by Gasteiger charge is -2.05. The SMILES string of the molecule is Nc1c(-c2nc3ccccc3o2)ccc2ccccc12. The standard InChI is InChI=1S/C17H12N2O/c18-16-12-6-2-1-5-11(12)9-10-13(16)17-19-14-7-3-4-8-15(14)20-17/h1-10H,18H2. The topological polar surface area (TPSA) is 52.0 Å². The molecule has 20 heavy (non-hydrogen) atoms. The van der Waals surface area contributed by atoms with Gasteiger partial charge in [-0.2, -0.15) is 0 Å². The van der Waals surface area contributed by atoms with Crippen LogP contribution >= 0.6 is 0 Å². The Bertz CT molecular complexity index is 891. The zero-order valence-corrected chi connectivity index (χ0v) is 10.7. The van der Waals surface area contributed by atoms with Crippen LogP contribution in [0.3, 0.4) is 0 Å². The number of oxazole rings is 1. The van der Waals surface area contributed by atoms with Gasteiger partial charge in [0.05, 0.1) is 11.3 Å². The minimum Gasteiger partial charge on any atom is -0.436 e. The van der Waals surface area contributed by atoms with Crippen LogP contribution in [0.5, 0.6) is 0 Å². The fourth-order valence-electron chi connectivity index (χ4n) is 2.47. The van der Waals surface area contributed by atoms with Crippen LogP contribution in [0.15, 0.2) is 65.1 Å². The highest BCUT2D eigenvalue weighted by Gasteiger charge is 2.12. The summed E-state index contributed by atoms with van der Waals surface area (Å²) in [5.74, 6) is 0.564. The lowest BCUT2D eigenvalue weighted by Crippen LogP contribution is -1.91. The number of rotatable bonds is 1. The molecule has 0 aliphatic heterocycles. The van der Waals surface area contributed by atoms with E-state index in [4.69, 9.17) is 10.2 Å². The third-order valence-electron chi connectivity index (χ3n) is 3.49. The number of hydrogen-bond acceptors (Lipinski definition) is 3. The number of benzene rings is 3. The zero-order valence-electron chi connectivity index (χ0n) is 10.7. The summed E-state index contributed by atoms with van der Waals surface area (Å²) < 4.78 is 5.79. The molecular formula is C17H12N2O. The number of nitrogens with two attached hydrogens (primary N) is 1. The van der Waals surface area contributed by atoms with Gasteiger partial charge in [0.2, 0.25) is 5.89 Å². The van der Waals surface area contributed by atoms with E-state index < -0.39 is 0 Å². The van der Waals surface area contributed by atoms with Crippen molar-refractivity contribution in [2.75, 3.05) is 5.73 Å². The fraction of sp³-hybridized carbons (Fsp3) is 0. The Balaban J connectivity index is 1.99. The predicted octanol–water partition coefficient (Wildman–Crippen LogP) is 4.23. The molecule has 0 radical (unpaired) electrons. The molecule has 1 aromatic heterocycles. The van der Waals surface area contributed by atoms with Gasteiger partial charge in [-0.05, 0) is 23.6 Å². The van der Waals surface area contributed by atoms with Crippen molar-refractivity contribution >= 4 is 27.6 Å². The van der Waals surface area contributed by atoms with Gasteiger partial charge in [-0.25, -0.2) is 4.98 Å². The molecule has 0 atom stereocenters. The van der Waals surface area contributed by atoms with Crippen molar-refractivity contribution in [3.05, 3.63) is 60.7 Å². The second-order valence-corrected chi connectivity index (χ2v) is 4.73. The van der Waals surface area contributed by atoms with Crippen LogP contribution in [0.2, 0.25) is 0 Å². The molecule has 0 aliphatic carbocycles. The minimum atomic E-state index is 0.564. The van der Waals surface area contributed by atoms with Crippen molar-refractivity contribution in [3.8, 4) is 11.5 Å². The van der Waals surface area contributed by atoms with Gasteiger partial charge in [0.15, 0.2) is 5.58 Å². The third-order valence-corrected chi connectivity index (χ3v) is 3.49. The first kappa shape index (κ1) is 11.1. The monoisotopic (exact) mass is 260 g/mol. The molecule has 0 saturated carbocycles. The highest BCUT2D eigenvalue weighted by molar-refractivity contribution is 5.99. The summed E-state index contributed by atoms with van der Waals surface area (Å²) >= 11 is 0. The van der Waals surface area contributed by atoms with Crippen molar-refractivity contribution < 1.29 is 4.42 Å².